The highest BCUT2D eigenvalue weighted by molar-refractivity contribution is 6.64. The van der Waals surface area contributed by atoms with E-state index >= 15 is 0 Å². The molecule has 0 amide bonds. The van der Waals surface area contributed by atoms with Gasteiger partial charge in [0.2, 0.25) is 0 Å². The largest absolute Gasteiger partial charge is 0.395 e. The molecule has 0 bridgehead atoms. The highest BCUT2D eigenvalue weighted by atomic mass is 28.4. The molecule has 1 fully saturated rings. The maximum absolute atomic E-state index is 6.00. The van der Waals surface area contributed by atoms with Crippen molar-refractivity contribution in [3.8, 4) is 0 Å². The molecule has 1 saturated carbocycles. The lowest BCUT2D eigenvalue weighted by Gasteiger charge is -2.35. The van der Waals surface area contributed by atoms with Crippen molar-refractivity contribution in [2.75, 3.05) is 6.61 Å². The van der Waals surface area contributed by atoms with Gasteiger partial charge in [0.05, 0.1) is 0 Å². The van der Waals surface area contributed by atoms with Crippen LogP contribution in [-0.2, 0) is 8.85 Å². The SMILES string of the molecule is CCO[Si](C)(C)OC(C)C1CCC1. The Labute approximate surface area is 82.9 Å². The summed E-state index contributed by atoms with van der Waals surface area (Å²) in [6.07, 6.45) is 4.48. The molecule has 1 unspecified atom stereocenters. The van der Waals surface area contributed by atoms with E-state index in [-0.39, 0.29) is 0 Å². The molecular weight excluding hydrogens is 180 g/mol. The minimum atomic E-state index is -1.81. The third kappa shape index (κ3) is 3.41. The molecule has 13 heavy (non-hydrogen) atoms. The number of rotatable bonds is 5. The first-order valence-corrected chi connectivity index (χ1v) is 8.18. The van der Waals surface area contributed by atoms with Crippen molar-refractivity contribution in [3.05, 3.63) is 0 Å². The van der Waals surface area contributed by atoms with Crippen LogP contribution < -0.4 is 0 Å². The summed E-state index contributed by atoms with van der Waals surface area (Å²) in [4.78, 5) is 0. The molecule has 0 aliphatic heterocycles. The second-order valence-corrected chi connectivity index (χ2v) is 7.67. The third-order valence-corrected chi connectivity index (χ3v) is 4.70. The smallest absolute Gasteiger partial charge is 0.331 e. The lowest BCUT2D eigenvalue weighted by atomic mass is 9.82. The van der Waals surface area contributed by atoms with Crippen LogP contribution in [0.5, 0.6) is 0 Å². The third-order valence-electron chi connectivity index (χ3n) is 2.78. The van der Waals surface area contributed by atoms with Crippen LogP contribution in [0, 0.1) is 5.92 Å². The average molecular weight is 202 g/mol. The van der Waals surface area contributed by atoms with E-state index in [2.05, 4.69) is 20.0 Å². The Kier molecular flexibility index (Phi) is 3.95. The molecule has 1 aliphatic rings. The molecule has 1 rings (SSSR count). The van der Waals surface area contributed by atoms with Crippen molar-refractivity contribution in [1.82, 2.24) is 0 Å². The van der Waals surface area contributed by atoms with Crippen molar-refractivity contribution in [2.45, 2.75) is 52.3 Å². The molecule has 0 heterocycles. The lowest BCUT2D eigenvalue weighted by Crippen LogP contribution is -2.41. The van der Waals surface area contributed by atoms with E-state index < -0.39 is 8.56 Å². The van der Waals surface area contributed by atoms with Gasteiger partial charge < -0.3 is 8.85 Å². The van der Waals surface area contributed by atoms with Crippen LogP contribution in [0.25, 0.3) is 0 Å². The fourth-order valence-corrected chi connectivity index (χ4v) is 3.69. The second kappa shape index (κ2) is 4.58. The van der Waals surface area contributed by atoms with E-state index in [0.29, 0.717) is 6.10 Å². The van der Waals surface area contributed by atoms with E-state index in [1.807, 2.05) is 6.92 Å². The van der Waals surface area contributed by atoms with Crippen LogP contribution in [0.2, 0.25) is 13.1 Å². The van der Waals surface area contributed by atoms with Crippen molar-refractivity contribution >= 4 is 8.56 Å². The van der Waals surface area contributed by atoms with Crippen LogP contribution >= 0.6 is 0 Å². The molecule has 0 aromatic heterocycles. The standard InChI is InChI=1S/C10H22O2Si/c1-5-11-13(3,4)12-9(2)10-7-6-8-10/h9-10H,5-8H2,1-4H3. The first-order chi connectivity index (χ1) is 6.05. The summed E-state index contributed by atoms with van der Waals surface area (Å²) in [5.74, 6) is 0.798. The van der Waals surface area contributed by atoms with Crippen LogP contribution in [0.1, 0.15) is 33.1 Å². The molecule has 1 atom stereocenters. The normalized spacial score (nSPS) is 21.2. The molecule has 2 nitrogen and oxygen atoms in total. The molecule has 0 saturated heterocycles. The number of hydrogen-bond acceptors (Lipinski definition) is 2. The minimum Gasteiger partial charge on any atom is -0.395 e. The Bertz CT molecular complexity index is 155. The lowest BCUT2D eigenvalue weighted by molar-refractivity contribution is 0.0592. The van der Waals surface area contributed by atoms with Crippen LogP contribution in [0.4, 0.5) is 0 Å². The molecule has 0 N–H and O–H groups in total. The zero-order chi connectivity index (χ0) is 9.90. The Morgan fingerprint density at radius 2 is 2.00 bits per heavy atom. The van der Waals surface area contributed by atoms with Crippen molar-refractivity contribution in [1.29, 1.82) is 0 Å². The Morgan fingerprint density at radius 1 is 1.38 bits per heavy atom. The van der Waals surface area contributed by atoms with Crippen LogP contribution in [0.3, 0.4) is 0 Å². The van der Waals surface area contributed by atoms with Crippen LogP contribution in [0.15, 0.2) is 0 Å². The van der Waals surface area contributed by atoms with Crippen molar-refractivity contribution in [2.24, 2.45) is 5.92 Å². The van der Waals surface area contributed by atoms with Gasteiger partial charge in [-0.3, -0.25) is 0 Å². The molecule has 1 aliphatic carbocycles. The molecule has 0 aromatic rings. The summed E-state index contributed by atoms with van der Waals surface area (Å²) in [5, 5.41) is 0. The van der Waals surface area contributed by atoms with Crippen molar-refractivity contribution in [3.63, 3.8) is 0 Å². The fourth-order valence-electron chi connectivity index (χ4n) is 1.83. The van der Waals surface area contributed by atoms with E-state index in [1.165, 1.54) is 19.3 Å². The monoisotopic (exact) mass is 202 g/mol. The second-order valence-electron chi connectivity index (χ2n) is 4.35. The van der Waals surface area contributed by atoms with E-state index in [4.69, 9.17) is 8.85 Å². The molecule has 0 spiro atoms. The van der Waals surface area contributed by atoms with E-state index in [0.717, 1.165) is 12.5 Å². The quantitative estimate of drug-likeness (QED) is 0.638. The summed E-state index contributed by atoms with van der Waals surface area (Å²) in [6, 6.07) is 0. The van der Waals surface area contributed by atoms with Gasteiger partial charge >= 0.3 is 8.56 Å². The Balaban J connectivity index is 2.28. The summed E-state index contributed by atoms with van der Waals surface area (Å²) < 4.78 is 11.6. The van der Waals surface area contributed by atoms with Crippen molar-refractivity contribution < 1.29 is 8.85 Å². The van der Waals surface area contributed by atoms with Gasteiger partial charge in [0.25, 0.3) is 0 Å². The van der Waals surface area contributed by atoms with Gasteiger partial charge in [0, 0.05) is 12.7 Å². The maximum Gasteiger partial charge on any atom is 0.331 e. The summed E-state index contributed by atoms with van der Waals surface area (Å²) in [7, 11) is -1.81. The predicted molar refractivity (Wildman–Crippen MR) is 57.0 cm³/mol. The Hall–Kier alpha value is 0.137. The topological polar surface area (TPSA) is 18.5 Å². The fraction of sp³-hybridized carbons (Fsp3) is 1.00. The van der Waals surface area contributed by atoms with Gasteiger partial charge in [-0.15, -0.1) is 0 Å². The van der Waals surface area contributed by atoms with Gasteiger partial charge in [0.1, 0.15) is 0 Å². The van der Waals surface area contributed by atoms with Gasteiger partial charge in [0.15, 0.2) is 0 Å². The zero-order valence-corrected chi connectivity index (χ0v) is 10.3. The number of hydrogen-bond donors (Lipinski definition) is 0. The predicted octanol–water partition coefficient (Wildman–Crippen LogP) is 2.93. The molecule has 0 aromatic carbocycles. The summed E-state index contributed by atoms with van der Waals surface area (Å²) in [6.45, 7) is 9.26. The van der Waals surface area contributed by atoms with Crippen LogP contribution in [-0.4, -0.2) is 21.3 Å². The molecule has 0 radical (unpaired) electrons. The van der Waals surface area contributed by atoms with Gasteiger partial charge in [-0.05, 0) is 45.7 Å². The Morgan fingerprint density at radius 3 is 2.38 bits per heavy atom. The molecule has 78 valence electrons. The summed E-state index contributed by atoms with van der Waals surface area (Å²) >= 11 is 0. The van der Waals surface area contributed by atoms with E-state index in [1.54, 1.807) is 0 Å². The van der Waals surface area contributed by atoms with Gasteiger partial charge in [-0.25, -0.2) is 0 Å². The maximum atomic E-state index is 6.00. The minimum absolute atomic E-state index is 0.405. The van der Waals surface area contributed by atoms with Gasteiger partial charge in [-0.2, -0.15) is 0 Å². The van der Waals surface area contributed by atoms with Gasteiger partial charge in [-0.1, -0.05) is 6.42 Å². The average Bonchev–Trinajstić information content (AvgIpc) is 1.79. The highest BCUT2D eigenvalue weighted by Crippen LogP contribution is 2.32. The van der Waals surface area contributed by atoms with E-state index in [9.17, 15) is 0 Å². The highest BCUT2D eigenvalue weighted by Gasteiger charge is 2.32. The molecule has 3 heteroatoms. The molecular formula is C10H22O2Si. The first-order valence-electron chi connectivity index (χ1n) is 5.37. The summed E-state index contributed by atoms with van der Waals surface area (Å²) in [5.41, 5.74) is 0. The zero-order valence-electron chi connectivity index (χ0n) is 9.30. The first kappa shape index (κ1) is 11.2.